The largest absolute Gasteiger partial charge is 0.399 e. The predicted molar refractivity (Wildman–Crippen MR) is 65.3 cm³/mol. The van der Waals surface area contributed by atoms with E-state index in [1.165, 1.54) is 23.2 Å². The highest BCUT2D eigenvalue weighted by Crippen LogP contribution is 2.28. The highest BCUT2D eigenvalue weighted by molar-refractivity contribution is 5.67. The second kappa shape index (κ2) is 5.59. The smallest absolute Gasteiger partial charge is 0.198 e. The molecule has 0 fully saturated rings. The molecule has 8 heteroatoms. The SMILES string of the molecule is Nc1ccc(F)c(N2N=NN(CCCF)C2C=O)c1. The van der Waals surface area contributed by atoms with Crippen molar-refractivity contribution in [1.29, 1.82) is 0 Å². The first kappa shape index (κ1) is 13.2. The first-order valence-corrected chi connectivity index (χ1v) is 5.71. The lowest BCUT2D eigenvalue weighted by atomic mass is 10.2. The zero-order valence-corrected chi connectivity index (χ0v) is 10.0. The molecule has 1 aromatic carbocycles. The molecule has 2 rings (SSSR count). The molecule has 0 radical (unpaired) electrons. The average Bonchev–Trinajstić information content (AvgIpc) is 2.81. The van der Waals surface area contributed by atoms with Crippen molar-refractivity contribution in [2.45, 2.75) is 12.6 Å². The molecule has 1 aromatic rings. The number of nitrogen functional groups attached to an aromatic ring is 1. The standard InChI is InChI=1S/C11H13F2N5O/c12-4-1-5-17-11(7-19)18(16-15-17)10-6-8(14)2-3-9(10)13/h2-3,6-7,11H,1,4-5,14H2. The first-order valence-electron chi connectivity index (χ1n) is 5.71. The van der Waals surface area contributed by atoms with Crippen LogP contribution in [0.2, 0.25) is 0 Å². The fraction of sp³-hybridized carbons (Fsp3) is 0.364. The number of alkyl halides is 1. The third-order valence-corrected chi connectivity index (χ3v) is 2.67. The van der Waals surface area contributed by atoms with E-state index < -0.39 is 18.7 Å². The maximum absolute atomic E-state index is 13.7. The summed E-state index contributed by atoms with van der Waals surface area (Å²) in [5.74, 6) is -0.563. The molecule has 0 spiro atoms. The Labute approximate surface area is 108 Å². The van der Waals surface area contributed by atoms with E-state index >= 15 is 0 Å². The Bertz CT molecular complexity index is 496. The number of benzene rings is 1. The Morgan fingerprint density at radius 1 is 1.42 bits per heavy atom. The van der Waals surface area contributed by atoms with E-state index in [0.717, 1.165) is 5.01 Å². The Kier molecular flexibility index (Phi) is 3.88. The Morgan fingerprint density at radius 2 is 2.21 bits per heavy atom. The van der Waals surface area contributed by atoms with E-state index in [9.17, 15) is 13.6 Å². The minimum absolute atomic E-state index is 0.0589. The van der Waals surface area contributed by atoms with Crippen LogP contribution in [0.5, 0.6) is 0 Å². The minimum Gasteiger partial charge on any atom is -0.399 e. The predicted octanol–water partition coefficient (Wildman–Crippen LogP) is 1.70. The number of carbonyl (C=O) groups excluding carboxylic acids is 1. The fourth-order valence-electron chi connectivity index (χ4n) is 1.75. The molecule has 102 valence electrons. The van der Waals surface area contributed by atoms with E-state index in [-0.39, 0.29) is 18.7 Å². The van der Waals surface area contributed by atoms with Gasteiger partial charge < -0.3 is 5.73 Å². The lowest BCUT2D eigenvalue weighted by Gasteiger charge is -2.23. The quantitative estimate of drug-likeness (QED) is 0.652. The number of carbonyl (C=O) groups is 1. The van der Waals surface area contributed by atoms with Gasteiger partial charge in [-0.3, -0.25) is 9.18 Å². The second-order valence-electron chi connectivity index (χ2n) is 3.99. The molecule has 6 nitrogen and oxygen atoms in total. The van der Waals surface area contributed by atoms with Gasteiger partial charge in [0.15, 0.2) is 12.5 Å². The lowest BCUT2D eigenvalue weighted by Crippen LogP contribution is -2.40. The summed E-state index contributed by atoms with van der Waals surface area (Å²) in [5.41, 5.74) is 5.98. The number of rotatable bonds is 5. The zero-order chi connectivity index (χ0) is 13.8. The van der Waals surface area contributed by atoms with Crippen molar-refractivity contribution >= 4 is 17.7 Å². The van der Waals surface area contributed by atoms with Crippen LogP contribution in [0.15, 0.2) is 28.6 Å². The molecule has 0 saturated heterocycles. The third kappa shape index (κ3) is 2.61. The van der Waals surface area contributed by atoms with Gasteiger partial charge in [0.25, 0.3) is 0 Å². The third-order valence-electron chi connectivity index (χ3n) is 2.67. The highest BCUT2D eigenvalue weighted by atomic mass is 19.1. The molecule has 1 heterocycles. The summed E-state index contributed by atoms with van der Waals surface area (Å²) in [6, 6.07) is 3.96. The van der Waals surface area contributed by atoms with E-state index in [1.54, 1.807) is 0 Å². The molecule has 1 aliphatic heterocycles. The van der Waals surface area contributed by atoms with Crippen molar-refractivity contribution in [2.24, 2.45) is 10.4 Å². The van der Waals surface area contributed by atoms with Crippen LogP contribution >= 0.6 is 0 Å². The second-order valence-corrected chi connectivity index (χ2v) is 3.99. The molecule has 0 bridgehead atoms. The van der Waals surface area contributed by atoms with Crippen LogP contribution in [0.4, 0.5) is 20.2 Å². The highest BCUT2D eigenvalue weighted by Gasteiger charge is 2.31. The van der Waals surface area contributed by atoms with Crippen LogP contribution < -0.4 is 10.7 Å². The minimum atomic E-state index is -0.886. The van der Waals surface area contributed by atoms with Gasteiger partial charge in [-0.2, -0.15) is 0 Å². The van der Waals surface area contributed by atoms with Crippen molar-refractivity contribution < 1.29 is 13.6 Å². The maximum Gasteiger partial charge on any atom is 0.198 e. The van der Waals surface area contributed by atoms with Crippen LogP contribution in [-0.2, 0) is 4.79 Å². The normalized spacial score (nSPS) is 18.1. The van der Waals surface area contributed by atoms with E-state index in [0.29, 0.717) is 12.0 Å². The number of anilines is 2. The van der Waals surface area contributed by atoms with Gasteiger partial charge >= 0.3 is 0 Å². The average molecular weight is 269 g/mol. The van der Waals surface area contributed by atoms with Gasteiger partial charge in [0.2, 0.25) is 0 Å². The number of hydrogen-bond acceptors (Lipinski definition) is 6. The molecule has 1 atom stereocenters. The van der Waals surface area contributed by atoms with Crippen LogP contribution in [0, 0.1) is 5.82 Å². The molecule has 2 N–H and O–H groups in total. The van der Waals surface area contributed by atoms with E-state index in [2.05, 4.69) is 10.4 Å². The van der Waals surface area contributed by atoms with Crippen molar-refractivity contribution in [1.82, 2.24) is 5.01 Å². The number of nitrogens with two attached hydrogens (primary N) is 1. The molecule has 1 aliphatic rings. The van der Waals surface area contributed by atoms with E-state index in [4.69, 9.17) is 5.73 Å². The summed E-state index contributed by atoms with van der Waals surface area (Å²) in [6.45, 7) is -0.298. The fourth-order valence-corrected chi connectivity index (χ4v) is 1.75. The van der Waals surface area contributed by atoms with Gasteiger partial charge in [0.05, 0.1) is 6.67 Å². The van der Waals surface area contributed by atoms with E-state index in [1.807, 2.05) is 0 Å². The number of nitrogens with zero attached hydrogens (tertiary/aromatic N) is 4. The molecule has 0 aliphatic carbocycles. The van der Waals surface area contributed by atoms with Gasteiger partial charge in [-0.1, -0.05) is 5.22 Å². The molecule has 0 saturated carbocycles. The van der Waals surface area contributed by atoms with Crippen molar-refractivity contribution in [3.63, 3.8) is 0 Å². The van der Waals surface area contributed by atoms with Crippen LogP contribution in [0.25, 0.3) is 0 Å². The van der Waals surface area contributed by atoms with Gasteiger partial charge in [0, 0.05) is 12.2 Å². The van der Waals surface area contributed by atoms with Crippen molar-refractivity contribution in [3.05, 3.63) is 24.0 Å². The lowest BCUT2D eigenvalue weighted by molar-refractivity contribution is -0.111. The summed E-state index contributed by atoms with van der Waals surface area (Å²) in [6.07, 6.45) is -0.0971. The molecule has 0 aromatic heterocycles. The topological polar surface area (TPSA) is 74.3 Å². The van der Waals surface area contributed by atoms with Crippen LogP contribution in [0.1, 0.15) is 6.42 Å². The van der Waals surface area contributed by atoms with Crippen molar-refractivity contribution in [3.8, 4) is 0 Å². The van der Waals surface area contributed by atoms with Crippen LogP contribution in [0.3, 0.4) is 0 Å². The number of halogens is 2. The summed E-state index contributed by atoms with van der Waals surface area (Å²) < 4.78 is 25.9. The summed E-state index contributed by atoms with van der Waals surface area (Å²) in [4.78, 5) is 11.1. The number of hydrogen-bond donors (Lipinski definition) is 1. The van der Waals surface area contributed by atoms with Gasteiger partial charge in [-0.15, -0.1) is 0 Å². The molecule has 0 amide bonds. The monoisotopic (exact) mass is 269 g/mol. The number of aldehydes is 1. The molecule has 1 unspecified atom stereocenters. The zero-order valence-electron chi connectivity index (χ0n) is 10.0. The first-order chi connectivity index (χ1) is 9.17. The van der Waals surface area contributed by atoms with Crippen molar-refractivity contribution in [2.75, 3.05) is 24.0 Å². The molecular weight excluding hydrogens is 256 g/mol. The Hall–Kier alpha value is -2.25. The summed E-state index contributed by atoms with van der Waals surface area (Å²) >= 11 is 0. The molecular formula is C11H13F2N5O. The summed E-state index contributed by atoms with van der Waals surface area (Å²) in [7, 11) is 0. The van der Waals surface area contributed by atoms with Gasteiger partial charge in [0.1, 0.15) is 11.5 Å². The van der Waals surface area contributed by atoms with Crippen LogP contribution in [-0.4, -0.2) is 30.7 Å². The Morgan fingerprint density at radius 3 is 2.89 bits per heavy atom. The Balaban J connectivity index is 2.23. The molecule has 19 heavy (non-hydrogen) atoms. The maximum atomic E-state index is 13.7. The summed E-state index contributed by atoms with van der Waals surface area (Å²) in [5, 5.41) is 9.89. The van der Waals surface area contributed by atoms with Gasteiger partial charge in [-0.05, 0) is 29.8 Å². The van der Waals surface area contributed by atoms with Gasteiger partial charge in [-0.25, -0.2) is 14.4 Å².